The molecule has 0 unspecified atom stereocenters. The first-order valence-electron chi connectivity index (χ1n) is 10.3. The molecule has 26 heavy (non-hydrogen) atoms. The molecule has 0 N–H and O–H groups in total. The molecule has 0 bridgehead atoms. The maximum Gasteiger partial charge on any atom is 0.486 e. The molecule has 0 aromatic heterocycles. The zero-order valence-corrected chi connectivity index (χ0v) is 18.5. The lowest BCUT2D eigenvalue weighted by Crippen LogP contribution is -2.47. The van der Waals surface area contributed by atoms with E-state index in [9.17, 15) is 0 Å². The van der Waals surface area contributed by atoms with Crippen LogP contribution in [0.1, 0.15) is 59.8 Å². The first-order valence-corrected chi connectivity index (χ1v) is 13.3. The van der Waals surface area contributed by atoms with Crippen molar-refractivity contribution in [3.8, 4) is 0 Å². The van der Waals surface area contributed by atoms with Crippen molar-refractivity contribution in [1.29, 1.82) is 0 Å². The summed E-state index contributed by atoms with van der Waals surface area (Å²) < 4.78 is 12.7. The van der Waals surface area contributed by atoms with Gasteiger partial charge in [-0.15, -0.1) is 0 Å². The van der Waals surface area contributed by atoms with Crippen molar-refractivity contribution in [2.24, 2.45) is 5.92 Å². The van der Waals surface area contributed by atoms with Crippen molar-refractivity contribution in [2.45, 2.75) is 84.1 Å². The van der Waals surface area contributed by atoms with E-state index in [1.54, 1.807) is 5.20 Å². The van der Waals surface area contributed by atoms with Crippen molar-refractivity contribution < 1.29 is 9.31 Å². The van der Waals surface area contributed by atoms with Gasteiger partial charge in [0, 0.05) is 0 Å². The number of hydrogen-bond donors (Lipinski definition) is 0. The molecular formula is C22H35BO2Si. The average molecular weight is 370 g/mol. The summed E-state index contributed by atoms with van der Waals surface area (Å²) >= 11 is 0. The summed E-state index contributed by atoms with van der Waals surface area (Å²) in [6.07, 6.45) is 6.71. The summed E-state index contributed by atoms with van der Waals surface area (Å²) in [5, 5.41) is 3.13. The number of allylic oxidation sites excluding steroid dienone is 1. The van der Waals surface area contributed by atoms with E-state index in [-0.39, 0.29) is 18.3 Å². The maximum absolute atomic E-state index is 6.34. The molecule has 1 saturated carbocycles. The fourth-order valence-corrected chi connectivity index (χ4v) is 7.61. The third kappa shape index (κ3) is 3.88. The molecule has 0 atom stereocenters. The van der Waals surface area contributed by atoms with Gasteiger partial charge < -0.3 is 9.31 Å². The zero-order valence-electron chi connectivity index (χ0n) is 17.5. The predicted molar refractivity (Wildman–Crippen MR) is 114 cm³/mol. The molecule has 0 radical (unpaired) electrons. The van der Waals surface area contributed by atoms with Crippen LogP contribution < -0.4 is 5.19 Å². The first-order chi connectivity index (χ1) is 12.1. The van der Waals surface area contributed by atoms with Gasteiger partial charge in [0.05, 0.1) is 11.2 Å². The minimum atomic E-state index is -1.76. The summed E-state index contributed by atoms with van der Waals surface area (Å²) in [7, 11) is -1.98. The van der Waals surface area contributed by atoms with Crippen molar-refractivity contribution in [3.63, 3.8) is 0 Å². The third-order valence-corrected chi connectivity index (χ3v) is 10.6. The minimum Gasteiger partial charge on any atom is -0.400 e. The van der Waals surface area contributed by atoms with Gasteiger partial charge in [0.25, 0.3) is 0 Å². The monoisotopic (exact) mass is 370 g/mol. The summed E-state index contributed by atoms with van der Waals surface area (Å²) in [5.41, 5.74) is -0.547. The molecule has 1 aliphatic heterocycles. The van der Waals surface area contributed by atoms with Gasteiger partial charge >= 0.3 is 7.12 Å². The SMILES string of the molecule is CC1(C)OB(/C=C(/C2CCCCC2)[Si](C)(C)c2ccccc2)OC1(C)C. The number of hydrogen-bond acceptors (Lipinski definition) is 2. The summed E-state index contributed by atoms with van der Waals surface area (Å²) in [6, 6.07) is 11.1. The molecule has 0 spiro atoms. The van der Waals surface area contributed by atoms with Gasteiger partial charge in [-0.25, -0.2) is 0 Å². The van der Waals surface area contributed by atoms with E-state index in [0.29, 0.717) is 5.92 Å². The minimum absolute atomic E-state index is 0.229. The maximum atomic E-state index is 6.34. The number of benzene rings is 1. The lowest BCUT2D eigenvalue weighted by molar-refractivity contribution is 0.00578. The molecule has 2 aliphatic rings. The lowest BCUT2D eigenvalue weighted by atomic mass is 9.83. The molecule has 142 valence electrons. The van der Waals surface area contributed by atoms with E-state index in [4.69, 9.17) is 9.31 Å². The van der Waals surface area contributed by atoms with Crippen LogP contribution in [-0.4, -0.2) is 26.4 Å². The second kappa shape index (κ2) is 7.29. The van der Waals surface area contributed by atoms with Crippen LogP contribution in [0.2, 0.25) is 13.1 Å². The number of rotatable bonds is 4. The molecule has 1 aromatic carbocycles. The Kier molecular flexibility index (Phi) is 5.58. The van der Waals surface area contributed by atoms with Crippen LogP contribution in [0.15, 0.2) is 41.5 Å². The Balaban J connectivity index is 1.96. The van der Waals surface area contributed by atoms with E-state index < -0.39 is 8.07 Å². The fourth-order valence-electron chi connectivity index (χ4n) is 4.39. The highest BCUT2D eigenvalue weighted by molar-refractivity contribution is 6.96. The highest BCUT2D eigenvalue weighted by atomic mass is 28.3. The van der Waals surface area contributed by atoms with Gasteiger partial charge in [-0.3, -0.25) is 0 Å². The van der Waals surface area contributed by atoms with Gasteiger partial charge in [0.1, 0.15) is 8.07 Å². The van der Waals surface area contributed by atoms with Crippen LogP contribution in [0.4, 0.5) is 0 Å². The second-order valence-electron chi connectivity index (χ2n) is 9.57. The molecule has 1 heterocycles. The van der Waals surface area contributed by atoms with E-state index in [1.807, 2.05) is 0 Å². The van der Waals surface area contributed by atoms with Crippen molar-refractivity contribution in [2.75, 3.05) is 0 Å². The Bertz CT molecular complexity index is 629. The third-order valence-electron chi connectivity index (χ3n) is 6.85. The summed E-state index contributed by atoms with van der Waals surface area (Å²) in [4.78, 5) is 0. The zero-order chi connectivity index (χ0) is 19.0. The Morgan fingerprint density at radius 3 is 2.04 bits per heavy atom. The standard InChI is InChI=1S/C22H35BO2Si/c1-21(2)22(3,4)25-23(24-21)17-20(18-13-9-7-10-14-18)26(5,6)19-15-11-8-12-16-19/h8,11-12,15-18H,7,9-10,13-14H2,1-6H3/b20-17-. The van der Waals surface area contributed by atoms with E-state index in [0.717, 1.165) is 0 Å². The van der Waals surface area contributed by atoms with E-state index >= 15 is 0 Å². The topological polar surface area (TPSA) is 18.5 Å². The molecular weight excluding hydrogens is 335 g/mol. The molecule has 3 rings (SSSR count). The highest BCUT2D eigenvalue weighted by Gasteiger charge is 2.51. The largest absolute Gasteiger partial charge is 0.486 e. The van der Waals surface area contributed by atoms with Crippen LogP contribution in [-0.2, 0) is 9.31 Å². The van der Waals surface area contributed by atoms with Gasteiger partial charge in [-0.2, -0.15) is 0 Å². The molecule has 2 fully saturated rings. The van der Waals surface area contributed by atoms with Crippen LogP contribution >= 0.6 is 0 Å². The van der Waals surface area contributed by atoms with Gasteiger partial charge in [-0.1, -0.05) is 79.0 Å². The lowest BCUT2D eigenvalue weighted by Gasteiger charge is -2.35. The average Bonchev–Trinajstić information content (AvgIpc) is 2.81. The van der Waals surface area contributed by atoms with Crippen molar-refractivity contribution in [3.05, 3.63) is 41.5 Å². The van der Waals surface area contributed by atoms with E-state index in [1.165, 1.54) is 37.3 Å². The van der Waals surface area contributed by atoms with Crippen molar-refractivity contribution >= 4 is 20.4 Å². The Hall–Kier alpha value is -0.838. The first kappa shape index (κ1) is 19.9. The molecule has 4 heteroatoms. The molecule has 1 saturated heterocycles. The van der Waals surface area contributed by atoms with Crippen molar-refractivity contribution in [1.82, 2.24) is 0 Å². The fraction of sp³-hybridized carbons (Fsp3) is 0.636. The quantitative estimate of drug-likeness (QED) is 0.672. The molecule has 1 aromatic rings. The predicted octanol–water partition coefficient (Wildman–Crippen LogP) is 5.28. The van der Waals surface area contributed by atoms with Crippen LogP contribution in [0.5, 0.6) is 0 Å². The van der Waals surface area contributed by atoms with Gasteiger partial charge in [-0.05, 0) is 46.5 Å². The van der Waals surface area contributed by atoms with Gasteiger partial charge in [0.2, 0.25) is 0 Å². The van der Waals surface area contributed by atoms with Gasteiger partial charge in [0.15, 0.2) is 0 Å². The highest BCUT2D eigenvalue weighted by Crippen LogP contribution is 2.40. The van der Waals surface area contributed by atoms with Crippen LogP contribution in [0.3, 0.4) is 0 Å². The molecule has 2 nitrogen and oxygen atoms in total. The summed E-state index contributed by atoms with van der Waals surface area (Å²) in [6.45, 7) is 13.5. The van der Waals surface area contributed by atoms with Crippen LogP contribution in [0.25, 0.3) is 0 Å². The Labute approximate surface area is 161 Å². The molecule has 0 amide bonds. The second-order valence-corrected chi connectivity index (χ2v) is 14.0. The molecule has 1 aliphatic carbocycles. The Morgan fingerprint density at radius 1 is 0.962 bits per heavy atom. The summed E-state index contributed by atoms with van der Waals surface area (Å²) in [5.74, 6) is 3.05. The smallest absolute Gasteiger partial charge is 0.400 e. The van der Waals surface area contributed by atoms with E-state index in [2.05, 4.69) is 77.1 Å². The Morgan fingerprint density at radius 2 is 1.50 bits per heavy atom. The van der Waals surface area contributed by atoms with Crippen LogP contribution in [0, 0.1) is 5.92 Å². The normalized spacial score (nSPS) is 24.1.